The van der Waals surface area contributed by atoms with Crippen LogP contribution in [0.15, 0.2) is 4.99 Å². The zero-order valence-corrected chi connectivity index (χ0v) is 14.7. The second-order valence-corrected chi connectivity index (χ2v) is 5.40. The van der Waals surface area contributed by atoms with Gasteiger partial charge in [-0.15, -0.1) is 30.4 Å². The molecular formula is C15H28IN3. The van der Waals surface area contributed by atoms with Crippen LogP contribution in [0.25, 0.3) is 0 Å². The Morgan fingerprint density at radius 3 is 2.42 bits per heavy atom. The first-order valence-corrected chi connectivity index (χ1v) is 7.15. The standard InChI is InChI=1S/C15H27N3.HI/c1-5-11-17-15(16-6-2)18-14-9-7-13(8-10-14)12(3)4;/h1,12-14H,6-11H2,2-4H3,(H2,16,17,18);1H. The fraction of sp³-hybridized carbons (Fsp3) is 0.800. The van der Waals surface area contributed by atoms with Crippen molar-refractivity contribution in [2.24, 2.45) is 16.8 Å². The molecule has 0 saturated heterocycles. The highest BCUT2D eigenvalue weighted by Gasteiger charge is 2.23. The fourth-order valence-corrected chi connectivity index (χ4v) is 2.57. The van der Waals surface area contributed by atoms with E-state index in [1.54, 1.807) is 0 Å². The van der Waals surface area contributed by atoms with Gasteiger partial charge in [0.2, 0.25) is 0 Å². The summed E-state index contributed by atoms with van der Waals surface area (Å²) < 4.78 is 0. The Hall–Kier alpha value is -0.440. The average Bonchev–Trinajstić information content (AvgIpc) is 2.37. The Kier molecular flexibility index (Phi) is 10.1. The molecule has 0 spiro atoms. The largest absolute Gasteiger partial charge is 0.357 e. The number of hydrogen-bond acceptors (Lipinski definition) is 1. The van der Waals surface area contributed by atoms with Gasteiger partial charge < -0.3 is 10.6 Å². The van der Waals surface area contributed by atoms with Crippen LogP contribution in [0.2, 0.25) is 0 Å². The average molecular weight is 377 g/mol. The molecule has 1 rings (SSSR count). The molecule has 0 aromatic rings. The van der Waals surface area contributed by atoms with Gasteiger partial charge in [-0.1, -0.05) is 19.8 Å². The van der Waals surface area contributed by atoms with Gasteiger partial charge in [-0.3, -0.25) is 0 Å². The van der Waals surface area contributed by atoms with Gasteiger partial charge in [-0.05, 0) is 44.4 Å². The molecule has 110 valence electrons. The zero-order chi connectivity index (χ0) is 13.4. The predicted molar refractivity (Wildman–Crippen MR) is 93.9 cm³/mol. The van der Waals surface area contributed by atoms with E-state index in [-0.39, 0.29) is 24.0 Å². The van der Waals surface area contributed by atoms with E-state index in [9.17, 15) is 0 Å². The van der Waals surface area contributed by atoms with Crippen molar-refractivity contribution in [3.8, 4) is 12.3 Å². The van der Waals surface area contributed by atoms with Crippen molar-refractivity contribution in [2.75, 3.05) is 13.1 Å². The summed E-state index contributed by atoms with van der Waals surface area (Å²) in [6.07, 6.45) is 10.4. The summed E-state index contributed by atoms with van der Waals surface area (Å²) in [5.41, 5.74) is 0. The maximum absolute atomic E-state index is 5.24. The van der Waals surface area contributed by atoms with Crippen LogP contribution in [-0.4, -0.2) is 25.1 Å². The maximum Gasteiger partial charge on any atom is 0.192 e. The van der Waals surface area contributed by atoms with Crippen LogP contribution in [0.4, 0.5) is 0 Å². The Bertz CT molecular complexity index is 299. The van der Waals surface area contributed by atoms with Crippen molar-refractivity contribution in [1.29, 1.82) is 0 Å². The molecule has 0 bridgehead atoms. The fourth-order valence-electron chi connectivity index (χ4n) is 2.57. The SMILES string of the molecule is C#CCN=C(NCC)NC1CCC(C(C)C)CC1.I. The van der Waals surface area contributed by atoms with E-state index >= 15 is 0 Å². The monoisotopic (exact) mass is 377 g/mol. The van der Waals surface area contributed by atoms with E-state index in [1.807, 2.05) is 0 Å². The third-order valence-electron chi connectivity index (χ3n) is 3.73. The number of guanidine groups is 1. The maximum atomic E-state index is 5.24. The molecule has 0 aliphatic heterocycles. The molecule has 0 aromatic carbocycles. The summed E-state index contributed by atoms with van der Waals surface area (Å²) in [6, 6.07) is 0.551. The molecule has 0 heterocycles. The van der Waals surface area contributed by atoms with Crippen molar-refractivity contribution in [3.05, 3.63) is 0 Å². The lowest BCUT2D eigenvalue weighted by atomic mass is 9.80. The predicted octanol–water partition coefficient (Wildman–Crippen LogP) is 3.01. The molecule has 0 atom stereocenters. The van der Waals surface area contributed by atoms with Crippen LogP contribution in [-0.2, 0) is 0 Å². The molecule has 2 N–H and O–H groups in total. The molecule has 0 unspecified atom stereocenters. The van der Waals surface area contributed by atoms with Gasteiger partial charge >= 0.3 is 0 Å². The summed E-state index contributed by atoms with van der Waals surface area (Å²) in [7, 11) is 0. The molecule has 0 radical (unpaired) electrons. The summed E-state index contributed by atoms with van der Waals surface area (Å²) >= 11 is 0. The third kappa shape index (κ3) is 7.05. The quantitative estimate of drug-likeness (QED) is 0.342. The lowest BCUT2D eigenvalue weighted by Crippen LogP contribution is -2.45. The molecule has 0 aromatic heterocycles. The Balaban J connectivity index is 0.00000324. The summed E-state index contributed by atoms with van der Waals surface area (Å²) in [4.78, 5) is 4.34. The number of rotatable bonds is 4. The van der Waals surface area contributed by atoms with E-state index in [2.05, 4.69) is 42.3 Å². The molecule has 19 heavy (non-hydrogen) atoms. The van der Waals surface area contributed by atoms with Crippen molar-refractivity contribution < 1.29 is 0 Å². The number of nitrogens with one attached hydrogen (secondary N) is 2. The second kappa shape index (κ2) is 10.4. The molecule has 3 nitrogen and oxygen atoms in total. The molecule has 1 saturated carbocycles. The van der Waals surface area contributed by atoms with Gasteiger partial charge in [0.05, 0.1) is 0 Å². The zero-order valence-electron chi connectivity index (χ0n) is 12.4. The minimum absolute atomic E-state index is 0. The molecule has 1 fully saturated rings. The minimum atomic E-state index is 0. The van der Waals surface area contributed by atoms with E-state index in [4.69, 9.17) is 6.42 Å². The van der Waals surface area contributed by atoms with E-state index in [0.717, 1.165) is 24.3 Å². The highest BCUT2D eigenvalue weighted by molar-refractivity contribution is 14.0. The summed E-state index contributed by atoms with van der Waals surface area (Å²) in [5.74, 6) is 5.12. The normalized spacial score (nSPS) is 23.4. The van der Waals surface area contributed by atoms with Crippen molar-refractivity contribution in [3.63, 3.8) is 0 Å². The molecular weight excluding hydrogens is 349 g/mol. The van der Waals surface area contributed by atoms with Crippen LogP contribution in [0.5, 0.6) is 0 Å². The number of aliphatic imine (C=N–C) groups is 1. The van der Waals surface area contributed by atoms with Crippen LogP contribution in [0, 0.1) is 24.2 Å². The first-order valence-electron chi connectivity index (χ1n) is 7.15. The number of terminal acetylenes is 1. The third-order valence-corrected chi connectivity index (χ3v) is 3.73. The smallest absolute Gasteiger partial charge is 0.192 e. The first-order chi connectivity index (χ1) is 8.67. The van der Waals surface area contributed by atoms with E-state index in [1.165, 1.54) is 25.7 Å². The van der Waals surface area contributed by atoms with Crippen LogP contribution < -0.4 is 10.6 Å². The number of halogens is 1. The van der Waals surface area contributed by atoms with Crippen LogP contribution in [0.1, 0.15) is 46.5 Å². The highest BCUT2D eigenvalue weighted by atomic mass is 127. The number of nitrogens with zero attached hydrogens (tertiary/aromatic N) is 1. The van der Waals surface area contributed by atoms with Gasteiger partial charge in [-0.2, -0.15) is 0 Å². The van der Waals surface area contributed by atoms with Gasteiger partial charge in [0, 0.05) is 12.6 Å². The lowest BCUT2D eigenvalue weighted by Gasteiger charge is -2.32. The van der Waals surface area contributed by atoms with Gasteiger partial charge in [0.25, 0.3) is 0 Å². The van der Waals surface area contributed by atoms with Crippen molar-refractivity contribution >= 4 is 29.9 Å². The van der Waals surface area contributed by atoms with Gasteiger partial charge in [0.1, 0.15) is 6.54 Å². The van der Waals surface area contributed by atoms with Crippen molar-refractivity contribution in [1.82, 2.24) is 10.6 Å². The molecule has 1 aliphatic carbocycles. The lowest BCUT2D eigenvalue weighted by molar-refractivity contribution is 0.250. The topological polar surface area (TPSA) is 36.4 Å². The summed E-state index contributed by atoms with van der Waals surface area (Å²) in [6.45, 7) is 8.05. The van der Waals surface area contributed by atoms with Crippen LogP contribution >= 0.6 is 24.0 Å². The van der Waals surface area contributed by atoms with Gasteiger partial charge in [-0.25, -0.2) is 4.99 Å². The van der Waals surface area contributed by atoms with Crippen LogP contribution in [0.3, 0.4) is 0 Å². The molecule has 1 aliphatic rings. The second-order valence-electron chi connectivity index (χ2n) is 5.40. The molecule has 0 amide bonds. The number of hydrogen-bond donors (Lipinski definition) is 2. The van der Waals surface area contributed by atoms with E-state index < -0.39 is 0 Å². The Labute approximate surface area is 135 Å². The Morgan fingerprint density at radius 2 is 1.95 bits per heavy atom. The van der Waals surface area contributed by atoms with E-state index in [0.29, 0.717) is 12.6 Å². The minimum Gasteiger partial charge on any atom is -0.357 e. The first kappa shape index (κ1) is 18.6. The summed E-state index contributed by atoms with van der Waals surface area (Å²) in [5, 5.41) is 6.74. The Morgan fingerprint density at radius 1 is 1.32 bits per heavy atom. The molecule has 4 heteroatoms. The van der Waals surface area contributed by atoms with Crippen molar-refractivity contribution in [2.45, 2.75) is 52.5 Å². The highest BCUT2D eigenvalue weighted by Crippen LogP contribution is 2.29. The van der Waals surface area contributed by atoms with Gasteiger partial charge in [0.15, 0.2) is 5.96 Å².